The van der Waals surface area contributed by atoms with Crippen molar-refractivity contribution in [1.82, 2.24) is 4.98 Å². The van der Waals surface area contributed by atoms with Crippen LogP contribution in [-0.4, -0.2) is 15.9 Å². The van der Waals surface area contributed by atoms with Crippen LogP contribution in [0.4, 0.5) is 0 Å². The van der Waals surface area contributed by atoms with Gasteiger partial charge >= 0.3 is 0 Å². The first-order valence-corrected chi connectivity index (χ1v) is 21.9. The van der Waals surface area contributed by atoms with Gasteiger partial charge in [-0.1, -0.05) is 117 Å². The van der Waals surface area contributed by atoms with Crippen LogP contribution in [0.2, 0.25) is 0 Å². The molecule has 0 saturated heterocycles. The minimum atomic E-state index is -0.337. The van der Waals surface area contributed by atoms with E-state index < -0.39 is 0 Å². The molecule has 6 aromatic rings. The molecule has 0 unspecified atom stereocenters. The molecule has 0 aliphatic carbocycles. The van der Waals surface area contributed by atoms with Crippen LogP contribution in [0.1, 0.15) is 123 Å². The van der Waals surface area contributed by atoms with Crippen LogP contribution in [-0.2, 0) is 36.7 Å². The number of allylic oxidation sites excluding steroid dienone is 2. The van der Waals surface area contributed by atoms with Gasteiger partial charge in [-0.2, -0.15) is 0 Å². The van der Waals surface area contributed by atoms with Gasteiger partial charge in [0, 0.05) is 57.2 Å². The number of carbonyl (C=O) groups is 1. The Morgan fingerprint density at radius 1 is 0.839 bits per heavy atom. The SMILES string of the molecule is CCC(C)(CC)C(=O)/C=C(\O)C(C)(CC)CC.Cc1cc2nc(-c3[c-]c4ccccc4c(C(C)(C)C)c3)cc(-c3ccc4sc(C)c(CC(C)C)c4c3)c2s1.[Ir]. The predicted octanol–water partition coefficient (Wildman–Crippen LogP) is 15.6. The third kappa shape index (κ3) is 9.58. The van der Waals surface area contributed by atoms with E-state index in [4.69, 9.17) is 4.98 Å². The van der Waals surface area contributed by atoms with Gasteiger partial charge in [-0.15, -0.1) is 51.8 Å². The molecule has 1 radical (unpaired) electrons. The second-order valence-electron chi connectivity index (χ2n) is 17.4. The van der Waals surface area contributed by atoms with E-state index in [0.717, 1.165) is 54.3 Å². The van der Waals surface area contributed by atoms with Crippen LogP contribution < -0.4 is 0 Å². The predicted molar refractivity (Wildman–Crippen MR) is 242 cm³/mol. The molecule has 0 spiro atoms. The average molecular weight is 965 g/mol. The Bertz CT molecular complexity index is 2340. The van der Waals surface area contributed by atoms with Crippen LogP contribution in [0, 0.1) is 36.7 Å². The quantitative estimate of drug-likeness (QED) is 0.0800. The monoisotopic (exact) mass is 965 g/mol. The van der Waals surface area contributed by atoms with Crippen molar-refractivity contribution < 1.29 is 30.0 Å². The second kappa shape index (κ2) is 18.2. The summed E-state index contributed by atoms with van der Waals surface area (Å²) in [5.41, 5.74) is 7.92. The van der Waals surface area contributed by atoms with Gasteiger partial charge in [0.05, 0.1) is 10.2 Å². The Morgan fingerprint density at radius 2 is 1.48 bits per heavy atom. The molecule has 0 amide bonds. The molecule has 0 atom stereocenters. The number of nitrogens with zero attached hydrogens (tertiary/aromatic N) is 1. The van der Waals surface area contributed by atoms with E-state index in [2.05, 4.69) is 115 Å². The maximum atomic E-state index is 12.2. The number of fused-ring (bicyclic) bond motifs is 3. The van der Waals surface area contributed by atoms with E-state index in [0.29, 0.717) is 5.92 Å². The number of aliphatic hydroxyl groups excluding tert-OH is 1. The fraction of sp³-hybridized carbons (Fsp3) is 0.440. The van der Waals surface area contributed by atoms with Crippen molar-refractivity contribution in [3.05, 3.63) is 99.4 Å². The molecular weight excluding hydrogens is 903 g/mol. The maximum absolute atomic E-state index is 12.2. The van der Waals surface area contributed by atoms with E-state index in [1.165, 1.54) is 58.3 Å². The minimum Gasteiger partial charge on any atom is -0.512 e. The molecule has 0 bridgehead atoms. The number of aliphatic hydroxyl groups is 1. The van der Waals surface area contributed by atoms with Gasteiger partial charge in [0.2, 0.25) is 0 Å². The van der Waals surface area contributed by atoms with Crippen molar-refractivity contribution in [1.29, 1.82) is 0 Å². The van der Waals surface area contributed by atoms with Crippen LogP contribution >= 0.6 is 22.7 Å². The second-order valence-corrected chi connectivity index (χ2v) is 19.9. The molecule has 3 heterocycles. The average Bonchev–Trinajstić information content (AvgIpc) is 3.69. The van der Waals surface area contributed by atoms with Gasteiger partial charge in [0.15, 0.2) is 5.78 Å². The molecule has 0 saturated carbocycles. The van der Waals surface area contributed by atoms with Gasteiger partial charge in [-0.3, -0.25) is 9.78 Å². The van der Waals surface area contributed by atoms with E-state index in [1.807, 2.05) is 64.2 Å². The zero-order chi connectivity index (χ0) is 40.5. The Hall–Kier alpha value is -3.15. The first kappa shape index (κ1) is 45.6. The number of hydrogen-bond donors (Lipinski definition) is 1. The topological polar surface area (TPSA) is 50.2 Å². The van der Waals surface area contributed by atoms with Crippen molar-refractivity contribution in [3.8, 4) is 22.4 Å². The molecule has 3 aromatic carbocycles. The molecule has 3 aromatic heterocycles. The summed E-state index contributed by atoms with van der Waals surface area (Å²) in [6.45, 7) is 28.0. The van der Waals surface area contributed by atoms with Gasteiger partial charge in [-0.05, 0) is 97.6 Å². The van der Waals surface area contributed by atoms with Crippen LogP contribution in [0.25, 0.3) is 53.5 Å². The largest absolute Gasteiger partial charge is 0.512 e. The summed E-state index contributed by atoms with van der Waals surface area (Å²) >= 11 is 3.77. The molecule has 3 nitrogen and oxygen atoms in total. The molecular formula is C50H62IrNO2S2-. The van der Waals surface area contributed by atoms with E-state index >= 15 is 0 Å². The minimum absolute atomic E-state index is 0. The zero-order valence-corrected chi connectivity index (χ0v) is 39.9. The number of hydrogen-bond acceptors (Lipinski definition) is 5. The third-order valence-corrected chi connectivity index (χ3v) is 14.2. The summed E-state index contributed by atoms with van der Waals surface area (Å²) in [5.74, 6) is 0.920. The Kier molecular flexibility index (Phi) is 14.8. The summed E-state index contributed by atoms with van der Waals surface area (Å²) in [6, 6.07) is 26.2. The van der Waals surface area contributed by atoms with Crippen LogP contribution in [0.15, 0.2) is 72.5 Å². The summed E-state index contributed by atoms with van der Waals surface area (Å²) < 4.78 is 2.65. The fourth-order valence-corrected chi connectivity index (χ4v) is 9.33. The smallest absolute Gasteiger partial charge is 0.164 e. The molecule has 0 fully saturated rings. The number of thiophene rings is 2. The molecule has 56 heavy (non-hydrogen) atoms. The molecule has 301 valence electrons. The Labute approximate surface area is 358 Å². The summed E-state index contributed by atoms with van der Waals surface area (Å²) in [7, 11) is 0. The summed E-state index contributed by atoms with van der Waals surface area (Å²) in [5, 5.41) is 14.0. The van der Waals surface area contributed by atoms with E-state index in [1.54, 1.807) is 0 Å². The summed E-state index contributed by atoms with van der Waals surface area (Å²) in [6.07, 6.45) is 5.87. The first-order chi connectivity index (χ1) is 25.9. The van der Waals surface area contributed by atoms with Gasteiger partial charge < -0.3 is 5.11 Å². The van der Waals surface area contributed by atoms with Crippen LogP contribution in [0.3, 0.4) is 0 Å². The van der Waals surface area contributed by atoms with Crippen molar-refractivity contribution in [2.75, 3.05) is 0 Å². The number of ketones is 1. The van der Waals surface area contributed by atoms with E-state index in [-0.39, 0.29) is 47.9 Å². The van der Waals surface area contributed by atoms with Crippen molar-refractivity contribution in [2.45, 2.75) is 128 Å². The molecule has 6 heteroatoms. The van der Waals surface area contributed by atoms with Crippen molar-refractivity contribution in [2.24, 2.45) is 16.7 Å². The fourth-order valence-electron chi connectivity index (χ4n) is 7.27. The first-order valence-electron chi connectivity index (χ1n) is 20.2. The third-order valence-electron chi connectivity index (χ3n) is 12.0. The Morgan fingerprint density at radius 3 is 2.09 bits per heavy atom. The molecule has 0 aliphatic rings. The number of carbonyl (C=O) groups excluding carboxylic acids is 1. The summed E-state index contributed by atoms with van der Waals surface area (Å²) in [4.78, 5) is 20.1. The molecule has 6 rings (SSSR count). The van der Waals surface area contributed by atoms with Crippen molar-refractivity contribution >= 4 is 59.5 Å². The Balaban J connectivity index is 0.000000330. The maximum Gasteiger partial charge on any atom is 0.164 e. The number of pyridine rings is 1. The molecule has 1 N–H and O–H groups in total. The number of benzene rings is 3. The van der Waals surface area contributed by atoms with Crippen molar-refractivity contribution in [3.63, 3.8) is 0 Å². The molecule has 0 aliphatic heterocycles. The number of aryl methyl sites for hydroxylation is 2. The van der Waals surface area contributed by atoms with E-state index in [9.17, 15) is 9.90 Å². The van der Waals surface area contributed by atoms with Crippen LogP contribution in [0.5, 0.6) is 0 Å². The van der Waals surface area contributed by atoms with Gasteiger partial charge in [0.1, 0.15) is 5.76 Å². The zero-order valence-electron chi connectivity index (χ0n) is 35.9. The number of aromatic nitrogens is 1. The van der Waals surface area contributed by atoms with Gasteiger partial charge in [-0.25, -0.2) is 0 Å². The van der Waals surface area contributed by atoms with Gasteiger partial charge in [0.25, 0.3) is 0 Å². The standard InChI is InChI=1S/C35H34NS2.C15H28O2.Ir/c1-20(2)14-27-22(4)38-33-13-12-24(17-29(27)33)28-19-31(36-32-15-21(3)37-34(28)32)25-16-23-10-8-9-11-26(23)30(18-25)35(5,6)7;1-7-14(5,8-2)12(16)11-13(17)15(6,9-3)10-4;/h8-13,15,17-20H,14H2,1-7H3;11,16H,7-10H2,1-6H3;/q-1;;/b;12-11-;. The normalized spacial score (nSPS) is 12.6. The number of rotatable bonds is 11.